The number of likely N-dealkylation sites (tertiary alicyclic amines) is 1. The van der Waals surface area contributed by atoms with Crippen molar-refractivity contribution >= 4 is 40.6 Å². The molecule has 3 N–H and O–H groups in total. The second-order valence-corrected chi connectivity index (χ2v) is 20.7. The molecule has 6 heterocycles. The van der Waals surface area contributed by atoms with Crippen LogP contribution in [-0.4, -0.2) is 150 Å². The number of fused-ring (bicyclic) bond motifs is 6. The number of allylic oxidation sites excluding steroid dienone is 1. The molecule has 5 aliphatic heterocycles. The molecule has 2 aliphatic carbocycles. The minimum atomic E-state index is -2.29. The van der Waals surface area contributed by atoms with Crippen molar-refractivity contribution in [2.24, 2.45) is 22.7 Å². The summed E-state index contributed by atoms with van der Waals surface area (Å²) in [5, 5.41) is 26.6. The number of aliphatic hydroxyl groups is 2. The molecule has 342 valence electrons. The van der Waals surface area contributed by atoms with E-state index >= 15 is 4.79 Å². The number of carbonyl (C=O) groups excluding carboxylic acids is 3. The summed E-state index contributed by atoms with van der Waals surface area (Å²) >= 11 is 1.83. The number of likely N-dealkylation sites (N-methyl/N-ethyl adjacent to an activating group) is 1. The van der Waals surface area contributed by atoms with Gasteiger partial charge in [0, 0.05) is 97.2 Å². The van der Waals surface area contributed by atoms with Crippen LogP contribution in [0.2, 0.25) is 0 Å². The number of esters is 3. The third-order valence-corrected chi connectivity index (χ3v) is 17.7. The lowest BCUT2D eigenvalue weighted by Gasteiger charge is -2.63. The van der Waals surface area contributed by atoms with Gasteiger partial charge in [-0.15, -0.1) is 11.8 Å². The Bertz CT molecular complexity index is 2280. The van der Waals surface area contributed by atoms with Crippen molar-refractivity contribution < 1.29 is 43.5 Å². The molecule has 1 saturated carbocycles. The zero-order valence-electron chi connectivity index (χ0n) is 38.2. The Balaban J connectivity index is 1.33. The van der Waals surface area contributed by atoms with Crippen LogP contribution < -0.4 is 0 Å². The maximum absolute atomic E-state index is 15.6. The third-order valence-electron chi connectivity index (χ3n) is 16.5. The monoisotopic (exact) mass is 886 g/mol. The molecule has 3 unspecified atom stereocenters. The van der Waals surface area contributed by atoms with E-state index in [1.807, 2.05) is 37.6 Å². The van der Waals surface area contributed by atoms with Crippen LogP contribution in [0.5, 0.6) is 0 Å². The molecule has 14 heteroatoms. The van der Waals surface area contributed by atoms with Gasteiger partial charge in [-0.25, -0.2) is 4.79 Å². The highest BCUT2D eigenvalue weighted by molar-refractivity contribution is 7.99. The van der Waals surface area contributed by atoms with Crippen molar-refractivity contribution in [3.05, 3.63) is 65.0 Å². The first-order chi connectivity index (χ1) is 30.2. The van der Waals surface area contributed by atoms with Gasteiger partial charge in [0.15, 0.2) is 6.10 Å². The lowest BCUT2D eigenvalue weighted by Crippen LogP contribution is -2.79. The van der Waals surface area contributed by atoms with Crippen LogP contribution in [-0.2, 0) is 45.2 Å². The van der Waals surface area contributed by atoms with E-state index in [1.165, 1.54) is 26.0 Å². The van der Waals surface area contributed by atoms with Gasteiger partial charge >= 0.3 is 17.9 Å². The number of benzene rings is 1. The number of hydrogen-bond acceptors (Lipinski definition) is 13. The molecule has 9 rings (SSSR count). The van der Waals surface area contributed by atoms with Gasteiger partial charge in [0.25, 0.3) is 0 Å². The van der Waals surface area contributed by atoms with E-state index in [0.29, 0.717) is 58.2 Å². The van der Waals surface area contributed by atoms with E-state index in [1.54, 1.807) is 7.11 Å². The summed E-state index contributed by atoms with van der Waals surface area (Å²) in [6.07, 6.45) is 10.8. The van der Waals surface area contributed by atoms with Crippen LogP contribution in [0.25, 0.3) is 10.9 Å². The van der Waals surface area contributed by atoms with E-state index in [4.69, 9.17) is 18.9 Å². The fourth-order valence-corrected chi connectivity index (χ4v) is 15.1. The normalized spacial score (nSPS) is 39.1. The maximum Gasteiger partial charge on any atom is 0.344 e. The quantitative estimate of drug-likeness (QED) is 0.125. The number of piperidine rings is 1. The van der Waals surface area contributed by atoms with Gasteiger partial charge in [-0.05, 0) is 98.6 Å². The number of nitrogens with zero attached hydrogens (tertiary/aromatic N) is 3. The number of thioether (sulfide) groups is 1. The summed E-state index contributed by atoms with van der Waals surface area (Å²) in [5.41, 5.74) is -1.81. The highest BCUT2D eigenvalue weighted by Gasteiger charge is 2.81. The number of aromatic amines is 1. The van der Waals surface area contributed by atoms with Crippen LogP contribution >= 0.6 is 11.8 Å². The van der Waals surface area contributed by atoms with Crippen LogP contribution in [0.3, 0.4) is 0 Å². The smallest absolute Gasteiger partial charge is 0.344 e. The predicted molar refractivity (Wildman–Crippen MR) is 240 cm³/mol. The maximum atomic E-state index is 15.6. The number of methoxy groups -OCH3 is 3. The zero-order chi connectivity index (χ0) is 44.9. The summed E-state index contributed by atoms with van der Waals surface area (Å²) in [4.78, 5) is 54.9. The van der Waals surface area contributed by atoms with Crippen LogP contribution in [0, 0.1) is 22.7 Å². The second-order valence-electron chi connectivity index (χ2n) is 19.6. The highest BCUT2D eigenvalue weighted by Crippen LogP contribution is 2.70. The van der Waals surface area contributed by atoms with Crippen molar-refractivity contribution in [1.29, 1.82) is 0 Å². The molecule has 63 heavy (non-hydrogen) atoms. The Morgan fingerprint density at radius 2 is 1.76 bits per heavy atom. The van der Waals surface area contributed by atoms with Gasteiger partial charge in [0.1, 0.15) is 5.41 Å². The summed E-state index contributed by atoms with van der Waals surface area (Å²) in [5.74, 6) is -1.54. The fourth-order valence-electron chi connectivity index (χ4n) is 14.3. The first-order valence-corrected chi connectivity index (χ1v) is 24.1. The Kier molecular flexibility index (Phi) is 11.3. The van der Waals surface area contributed by atoms with Crippen molar-refractivity contribution in [2.45, 2.75) is 118 Å². The molecule has 12 atom stereocenters. The van der Waals surface area contributed by atoms with Crippen LogP contribution in [0.15, 0.2) is 58.7 Å². The minimum absolute atomic E-state index is 0.0731. The molecule has 0 radical (unpaired) electrons. The molecule has 1 aromatic carbocycles. The van der Waals surface area contributed by atoms with Crippen LogP contribution in [0.4, 0.5) is 0 Å². The second kappa shape index (κ2) is 16.0. The largest absolute Gasteiger partial charge is 0.468 e. The lowest BCUT2D eigenvalue weighted by molar-refractivity contribution is -0.243. The Morgan fingerprint density at radius 1 is 0.984 bits per heavy atom. The number of hydrogen-bond donors (Lipinski definition) is 3. The van der Waals surface area contributed by atoms with E-state index in [9.17, 15) is 19.8 Å². The van der Waals surface area contributed by atoms with E-state index < -0.39 is 63.6 Å². The number of nitrogens with one attached hydrogen (secondary N) is 1. The number of carbonyl (C=O) groups is 3. The number of H-pyrrole nitrogens is 1. The van der Waals surface area contributed by atoms with Gasteiger partial charge in [0.05, 0.1) is 32.0 Å². The Hall–Kier alpha value is -3.66. The molecule has 0 amide bonds. The van der Waals surface area contributed by atoms with E-state index in [2.05, 4.69) is 64.2 Å². The van der Waals surface area contributed by atoms with Crippen molar-refractivity contribution in [1.82, 2.24) is 19.7 Å². The van der Waals surface area contributed by atoms with Gasteiger partial charge in [-0.2, -0.15) is 0 Å². The molecule has 1 spiro atoms. The highest BCUT2D eigenvalue weighted by atomic mass is 32.2. The van der Waals surface area contributed by atoms with Gasteiger partial charge in [-0.3, -0.25) is 19.4 Å². The first-order valence-electron chi connectivity index (χ1n) is 23.1. The number of ether oxygens (including phenoxy) is 4. The average Bonchev–Trinajstić information content (AvgIpc) is 3.94. The van der Waals surface area contributed by atoms with Crippen molar-refractivity contribution in [3.63, 3.8) is 0 Å². The molecule has 2 aromatic rings. The molecular weight excluding hydrogens is 821 g/mol. The topological polar surface area (TPSA) is 154 Å². The third kappa shape index (κ3) is 6.23. The molecular formula is C49H66N4O9S. The van der Waals surface area contributed by atoms with Gasteiger partial charge in [-0.1, -0.05) is 39.0 Å². The Labute approximate surface area is 375 Å². The molecule has 3 saturated heterocycles. The predicted octanol–water partition coefficient (Wildman–Crippen LogP) is 5.14. The number of aromatic nitrogens is 1. The van der Waals surface area contributed by atoms with Crippen LogP contribution in [0.1, 0.15) is 77.5 Å². The zero-order valence-corrected chi connectivity index (χ0v) is 39.0. The SMILES string of the molecule is CCCSc1ccc2[nH]c3c(c2c1)CCN1C[C@H](C[C@@](O)(CC)C1)C[C@]3(C(=O)OC)C1C=C2C(=CC1OC)N(C)[C@H]1[C@@](O)(C(=O)OC)[C@H](OC(C)=O)[C@]3(CC)C=CCN4CC[C@]21[C@@H]43. The summed E-state index contributed by atoms with van der Waals surface area (Å²) in [6.45, 7) is 10.9. The van der Waals surface area contributed by atoms with Crippen molar-refractivity contribution in [3.8, 4) is 0 Å². The van der Waals surface area contributed by atoms with Crippen molar-refractivity contribution in [2.75, 3.05) is 66.9 Å². The summed E-state index contributed by atoms with van der Waals surface area (Å²) in [7, 11) is 6.30. The number of rotatable bonds is 10. The van der Waals surface area contributed by atoms with E-state index in [-0.39, 0.29) is 17.9 Å². The lowest BCUT2D eigenvalue weighted by atomic mass is 9.47. The summed E-state index contributed by atoms with van der Waals surface area (Å²) in [6, 6.07) is 5.36. The van der Waals surface area contributed by atoms with Gasteiger partial charge < -0.3 is 39.0 Å². The van der Waals surface area contributed by atoms with Gasteiger partial charge in [0.2, 0.25) is 5.60 Å². The fraction of sp³-hybridized carbons (Fsp3) is 0.653. The standard InChI is InChI=1S/C49H66N4O9S/c1-9-21-63-31-13-14-36-33(22-31)32-15-19-52-27-30(25-45(57,10-2)28-52)26-48(39(32)50-36,43(55)60-7)35-23-34-37(24-38(35)59-6)51(5)41-47(34)17-20-53-18-12-16-46(11-3,40(47)53)42(62-29(4)54)49(41,58)44(56)61-8/h12-14,16,22-24,30,35,38,40-42,50,57-58H,9-11,15,17-21,25-28H2,1-8H3/t30-,35?,38?,40+,41-,42-,45+,46-,47-,48+,49+/m1/s1. The Morgan fingerprint density at radius 3 is 2.44 bits per heavy atom. The molecule has 4 fully saturated rings. The minimum Gasteiger partial charge on any atom is -0.468 e. The van der Waals surface area contributed by atoms with E-state index in [0.717, 1.165) is 58.7 Å². The molecule has 13 nitrogen and oxygen atoms in total. The summed E-state index contributed by atoms with van der Waals surface area (Å²) < 4.78 is 24.3. The average molecular weight is 887 g/mol. The molecule has 1 aromatic heterocycles. The molecule has 2 bridgehead atoms. The first kappa shape index (κ1) is 44.5. The molecule has 7 aliphatic rings.